The summed E-state index contributed by atoms with van der Waals surface area (Å²) in [6.45, 7) is 5.30. The van der Waals surface area contributed by atoms with Crippen molar-refractivity contribution >= 4 is 29.9 Å². The van der Waals surface area contributed by atoms with Crippen LogP contribution in [0.1, 0.15) is 30.9 Å². The molecule has 1 aromatic carbocycles. The highest BCUT2D eigenvalue weighted by Crippen LogP contribution is 2.28. The van der Waals surface area contributed by atoms with E-state index in [2.05, 4.69) is 21.0 Å². The third-order valence-electron chi connectivity index (χ3n) is 4.74. The van der Waals surface area contributed by atoms with E-state index in [4.69, 9.17) is 0 Å². The SMILES string of the molecule is CC(C)NC(=O)Cc1ccc(NC(=O)[C@H]2CNC[C@@H]2c2cnn(C)c2)cc1.Cl. The lowest BCUT2D eigenvalue weighted by atomic mass is 9.90. The van der Waals surface area contributed by atoms with Crippen molar-refractivity contribution in [2.24, 2.45) is 13.0 Å². The van der Waals surface area contributed by atoms with Crippen LogP contribution in [0, 0.1) is 5.92 Å². The van der Waals surface area contributed by atoms with Gasteiger partial charge in [0, 0.05) is 44.0 Å². The molecule has 1 fully saturated rings. The minimum atomic E-state index is -0.134. The number of nitrogens with one attached hydrogen (secondary N) is 3. The Labute approximate surface area is 171 Å². The Kier molecular flexibility index (Phi) is 7.60. The Balaban J connectivity index is 0.00000280. The van der Waals surface area contributed by atoms with Crippen molar-refractivity contribution in [2.45, 2.75) is 32.2 Å². The number of benzene rings is 1. The van der Waals surface area contributed by atoms with Crippen LogP contribution in [-0.4, -0.2) is 40.7 Å². The third-order valence-corrected chi connectivity index (χ3v) is 4.74. The van der Waals surface area contributed by atoms with Crippen LogP contribution in [-0.2, 0) is 23.1 Å². The first-order valence-electron chi connectivity index (χ1n) is 9.31. The quantitative estimate of drug-likeness (QED) is 0.684. The third kappa shape index (κ3) is 5.56. The van der Waals surface area contributed by atoms with Gasteiger partial charge in [-0.25, -0.2) is 0 Å². The minimum Gasteiger partial charge on any atom is -0.354 e. The van der Waals surface area contributed by atoms with E-state index in [0.717, 1.165) is 23.4 Å². The summed E-state index contributed by atoms with van der Waals surface area (Å²) >= 11 is 0. The molecule has 0 bridgehead atoms. The Bertz CT molecular complexity index is 803. The van der Waals surface area contributed by atoms with Crippen molar-refractivity contribution in [3.05, 3.63) is 47.8 Å². The molecule has 1 aliphatic heterocycles. The number of aryl methyl sites for hydroxylation is 1. The maximum absolute atomic E-state index is 12.7. The van der Waals surface area contributed by atoms with E-state index in [1.807, 2.05) is 57.6 Å². The number of rotatable bonds is 6. The van der Waals surface area contributed by atoms with Gasteiger partial charge >= 0.3 is 0 Å². The summed E-state index contributed by atoms with van der Waals surface area (Å²) in [5.41, 5.74) is 2.74. The number of halogens is 1. The molecule has 28 heavy (non-hydrogen) atoms. The van der Waals surface area contributed by atoms with E-state index in [1.165, 1.54) is 0 Å². The number of carbonyl (C=O) groups is 2. The van der Waals surface area contributed by atoms with Gasteiger partial charge in [0.2, 0.25) is 11.8 Å². The van der Waals surface area contributed by atoms with Crippen molar-refractivity contribution in [3.8, 4) is 0 Å². The monoisotopic (exact) mass is 405 g/mol. The van der Waals surface area contributed by atoms with Gasteiger partial charge in [-0.05, 0) is 37.1 Å². The second kappa shape index (κ2) is 9.71. The van der Waals surface area contributed by atoms with E-state index in [1.54, 1.807) is 4.68 Å². The first kappa shape index (κ1) is 21.9. The van der Waals surface area contributed by atoms with Crippen LogP contribution in [0.15, 0.2) is 36.7 Å². The average Bonchev–Trinajstić information content (AvgIpc) is 3.24. The van der Waals surface area contributed by atoms with Crippen molar-refractivity contribution in [1.29, 1.82) is 0 Å². The van der Waals surface area contributed by atoms with Crippen molar-refractivity contribution in [3.63, 3.8) is 0 Å². The molecule has 1 saturated heterocycles. The second-order valence-corrected chi connectivity index (χ2v) is 7.40. The summed E-state index contributed by atoms with van der Waals surface area (Å²) in [5.74, 6) is -0.0133. The molecular weight excluding hydrogens is 378 g/mol. The van der Waals surface area contributed by atoms with Gasteiger partial charge in [0.05, 0.1) is 18.5 Å². The molecule has 2 aromatic rings. The normalized spacial score (nSPS) is 18.6. The number of carbonyl (C=O) groups excluding carboxylic acids is 2. The highest BCUT2D eigenvalue weighted by atomic mass is 35.5. The van der Waals surface area contributed by atoms with E-state index in [0.29, 0.717) is 13.0 Å². The number of aromatic nitrogens is 2. The fourth-order valence-electron chi connectivity index (χ4n) is 3.44. The molecule has 0 saturated carbocycles. The zero-order valence-electron chi connectivity index (χ0n) is 16.4. The Hall–Kier alpha value is -2.38. The first-order chi connectivity index (χ1) is 12.9. The molecule has 2 atom stereocenters. The van der Waals surface area contributed by atoms with Crippen LogP contribution >= 0.6 is 12.4 Å². The molecule has 8 heteroatoms. The zero-order chi connectivity index (χ0) is 19.4. The molecule has 0 unspecified atom stereocenters. The van der Waals surface area contributed by atoms with Crippen LogP contribution < -0.4 is 16.0 Å². The van der Waals surface area contributed by atoms with Crippen LogP contribution in [0.3, 0.4) is 0 Å². The van der Waals surface area contributed by atoms with Gasteiger partial charge < -0.3 is 16.0 Å². The van der Waals surface area contributed by atoms with Crippen molar-refractivity contribution in [1.82, 2.24) is 20.4 Å². The highest BCUT2D eigenvalue weighted by molar-refractivity contribution is 5.93. The summed E-state index contributed by atoms with van der Waals surface area (Å²) in [5, 5.41) is 13.4. The molecule has 3 rings (SSSR count). The predicted molar refractivity (Wildman–Crippen MR) is 112 cm³/mol. The van der Waals surface area contributed by atoms with Gasteiger partial charge in [-0.1, -0.05) is 12.1 Å². The summed E-state index contributed by atoms with van der Waals surface area (Å²) in [6.07, 6.45) is 4.13. The molecule has 152 valence electrons. The molecule has 0 spiro atoms. The fraction of sp³-hybridized carbons (Fsp3) is 0.450. The Morgan fingerprint density at radius 3 is 2.57 bits per heavy atom. The molecule has 3 N–H and O–H groups in total. The largest absolute Gasteiger partial charge is 0.354 e. The Morgan fingerprint density at radius 1 is 1.25 bits per heavy atom. The molecule has 0 aliphatic carbocycles. The van der Waals surface area contributed by atoms with Gasteiger partial charge in [-0.15, -0.1) is 12.4 Å². The summed E-state index contributed by atoms with van der Waals surface area (Å²) in [7, 11) is 1.88. The first-order valence-corrected chi connectivity index (χ1v) is 9.31. The van der Waals surface area contributed by atoms with Crippen molar-refractivity contribution in [2.75, 3.05) is 18.4 Å². The van der Waals surface area contributed by atoms with Gasteiger partial charge in [0.1, 0.15) is 0 Å². The van der Waals surface area contributed by atoms with Crippen molar-refractivity contribution < 1.29 is 9.59 Å². The number of hydrogen-bond donors (Lipinski definition) is 3. The van der Waals surface area contributed by atoms with Gasteiger partial charge in [-0.2, -0.15) is 5.10 Å². The van der Waals surface area contributed by atoms with Gasteiger partial charge in [0.15, 0.2) is 0 Å². The van der Waals surface area contributed by atoms with Gasteiger partial charge in [-0.3, -0.25) is 14.3 Å². The van der Waals surface area contributed by atoms with E-state index < -0.39 is 0 Å². The van der Waals surface area contributed by atoms with E-state index in [9.17, 15) is 9.59 Å². The molecular formula is C20H28ClN5O2. The second-order valence-electron chi connectivity index (χ2n) is 7.40. The number of hydrogen-bond acceptors (Lipinski definition) is 4. The Morgan fingerprint density at radius 2 is 1.96 bits per heavy atom. The number of nitrogens with zero attached hydrogens (tertiary/aromatic N) is 2. The maximum atomic E-state index is 12.7. The fourth-order valence-corrected chi connectivity index (χ4v) is 3.44. The molecule has 2 amide bonds. The molecule has 1 aliphatic rings. The van der Waals surface area contributed by atoms with Crippen LogP contribution in [0.4, 0.5) is 5.69 Å². The average molecular weight is 406 g/mol. The lowest BCUT2D eigenvalue weighted by Crippen LogP contribution is -2.31. The number of anilines is 1. The molecule has 2 heterocycles. The van der Waals surface area contributed by atoms with E-state index >= 15 is 0 Å². The minimum absolute atomic E-state index is 0. The standard InChI is InChI=1S/C20H27N5O2.ClH/c1-13(2)23-19(26)8-14-4-6-16(7-5-14)24-20(27)18-11-21-10-17(18)15-9-22-25(3)12-15;/h4-7,9,12-13,17-18,21H,8,10-11H2,1-3H3,(H,23,26)(H,24,27);1H/t17-,18+;/m1./s1. The highest BCUT2D eigenvalue weighted by Gasteiger charge is 2.34. The molecule has 0 radical (unpaired) electrons. The summed E-state index contributed by atoms with van der Waals surface area (Å²) in [6, 6.07) is 7.57. The number of amides is 2. The summed E-state index contributed by atoms with van der Waals surface area (Å²) in [4.78, 5) is 24.6. The molecule has 1 aromatic heterocycles. The van der Waals surface area contributed by atoms with E-state index in [-0.39, 0.29) is 42.1 Å². The molecule has 7 nitrogen and oxygen atoms in total. The summed E-state index contributed by atoms with van der Waals surface area (Å²) < 4.78 is 1.76. The zero-order valence-corrected chi connectivity index (χ0v) is 17.3. The van der Waals surface area contributed by atoms with Gasteiger partial charge in [0.25, 0.3) is 0 Å². The van der Waals surface area contributed by atoms with Crippen LogP contribution in [0.25, 0.3) is 0 Å². The van der Waals surface area contributed by atoms with Crippen LogP contribution in [0.5, 0.6) is 0 Å². The lowest BCUT2D eigenvalue weighted by Gasteiger charge is -2.17. The van der Waals surface area contributed by atoms with Crippen LogP contribution in [0.2, 0.25) is 0 Å². The predicted octanol–water partition coefficient (Wildman–Crippen LogP) is 1.85. The smallest absolute Gasteiger partial charge is 0.229 e. The topological polar surface area (TPSA) is 88.1 Å². The maximum Gasteiger partial charge on any atom is 0.229 e. The lowest BCUT2D eigenvalue weighted by molar-refractivity contribution is -0.121.